The van der Waals surface area contributed by atoms with Crippen LogP contribution in [0.1, 0.15) is 30.9 Å². The lowest BCUT2D eigenvalue weighted by atomic mass is 9.91. The average Bonchev–Trinajstić information content (AvgIpc) is 3.47. The summed E-state index contributed by atoms with van der Waals surface area (Å²) >= 11 is 0. The van der Waals surface area contributed by atoms with Crippen molar-refractivity contribution in [3.63, 3.8) is 0 Å². The van der Waals surface area contributed by atoms with E-state index in [4.69, 9.17) is 9.47 Å². The molecule has 1 aliphatic rings. The molecule has 2 aromatic carbocycles. The second kappa shape index (κ2) is 9.09. The van der Waals surface area contributed by atoms with Gasteiger partial charge in [0.05, 0.1) is 6.04 Å². The highest BCUT2D eigenvalue weighted by atomic mass is 19.4. The van der Waals surface area contributed by atoms with E-state index in [9.17, 15) is 22.8 Å². The summed E-state index contributed by atoms with van der Waals surface area (Å²) in [6.07, 6.45) is -4.06. The molecule has 0 saturated carbocycles. The van der Waals surface area contributed by atoms with Crippen molar-refractivity contribution in [2.45, 2.75) is 50.2 Å². The lowest BCUT2D eigenvalue weighted by molar-refractivity contribution is -0.268. The van der Waals surface area contributed by atoms with Crippen LogP contribution in [0.15, 0.2) is 60.7 Å². The van der Waals surface area contributed by atoms with Crippen LogP contribution in [0.3, 0.4) is 0 Å². The Balaban J connectivity index is 1.87. The molecule has 1 fully saturated rings. The number of amides is 1. The number of hydrogen-bond acceptors (Lipinski definition) is 4. The zero-order valence-electron chi connectivity index (χ0n) is 17.3. The Kier molecular flexibility index (Phi) is 6.69. The molecule has 0 spiro atoms. The van der Waals surface area contributed by atoms with Gasteiger partial charge in [-0.3, -0.25) is 4.79 Å². The fraction of sp³-hybridized carbons (Fsp3) is 0.391. The van der Waals surface area contributed by atoms with E-state index in [1.54, 1.807) is 30.3 Å². The van der Waals surface area contributed by atoms with Crippen LogP contribution in [0.5, 0.6) is 0 Å². The SMILES string of the molecule is CCC[C@@H]1[C@@H](C(=O)OCc2ccccc2)N1C(=O)[C@](OC)(c1ccccc1)C(F)(F)F. The zero-order chi connectivity index (χ0) is 22.6. The number of methoxy groups -OCH3 is 1. The van der Waals surface area contributed by atoms with Crippen molar-refractivity contribution in [3.05, 3.63) is 71.8 Å². The van der Waals surface area contributed by atoms with Crippen molar-refractivity contribution in [3.8, 4) is 0 Å². The highest BCUT2D eigenvalue weighted by Crippen LogP contribution is 2.47. The fourth-order valence-corrected chi connectivity index (χ4v) is 3.82. The van der Waals surface area contributed by atoms with Gasteiger partial charge in [0.1, 0.15) is 6.61 Å². The topological polar surface area (TPSA) is 55.6 Å². The first-order valence-corrected chi connectivity index (χ1v) is 9.98. The minimum Gasteiger partial charge on any atom is -0.459 e. The molecule has 1 heterocycles. The second-order valence-electron chi connectivity index (χ2n) is 7.36. The maximum Gasteiger partial charge on any atom is 0.430 e. The minimum absolute atomic E-state index is 0.0234. The van der Waals surface area contributed by atoms with Crippen molar-refractivity contribution < 1.29 is 32.2 Å². The van der Waals surface area contributed by atoms with E-state index >= 15 is 0 Å². The molecular weight excluding hydrogens is 411 g/mol. The third kappa shape index (κ3) is 4.30. The Labute approximate surface area is 178 Å². The van der Waals surface area contributed by atoms with Gasteiger partial charge in [0.15, 0.2) is 6.04 Å². The summed E-state index contributed by atoms with van der Waals surface area (Å²) in [4.78, 5) is 26.8. The van der Waals surface area contributed by atoms with Crippen molar-refractivity contribution in [2.75, 3.05) is 7.11 Å². The number of nitrogens with zero attached hydrogens (tertiary/aromatic N) is 1. The monoisotopic (exact) mass is 435 g/mol. The van der Waals surface area contributed by atoms with Gasteiger partial charge in [-0.05, 0) is 12.0 Å². The minimum atomic E-state index is -5.03. The lowest BCUT2D eigenvalue weighted by Crippen LogP contribution is -2.54. The molecule has 1 saturated heterocycles. The summed E-state index contributed by atoms with van der Waals surface area (Å²) in [5, 5.41) is 0. The van der Waals surface area contributed by atoms with Crippen molar-refractivity contribution >= 4 is 11.9 Å². The number of hydrogen-bond donors (Lipinski definition) is 0. The van der Waals surface area contributed by atoms with E-state index in [1.165, 1.54) is 24.3 Å². The third-order valence-electron chi connectivity index (χ3n) is 5.40. The van der Waals surface area contributed by atoms with Crippen LogP contribution in [-0.4, -0.2) is 42.1 Å². The number of rotatable bonds is 8. The summed E-state index contributed by atoms with van der Waals surface area (Å²) in [6.45, 7) is 1.81. The molecule has 8 heteroatoms. The van der Waals surface area contributed by atoms with E-state index in [0.29, 0.717) is 12.8 Å². The summed E-state index contributed by atoms with van der Waals surface area (Å²) < 4.78 is 52.8. The van der Waals surface area contributed by atoms with Gasteiger partial charge < -0.3 is 14.4 Å². The van der Waals surface area contributed by atoms with E-state index in [1.807, 2.05) is 13.0 Å². The fourth-order valence-electron chi connectivity index (χ4n) is 3.82. The molecule has 0 N–H and O–H groups in total. The molecule has 0 aromatic heterocycles. The first kappa shape index (κ1) is 22.8. The molecule has 3 rings (SSSR count). The van der Waals surface area contributed by atoms with Crippen LogP contribution in [0.4, 0.5) is 13.2 Å². The molecule has 0 unspecified atom stereocenters. The summed E-state index contributed by atoms with van der Waals surface area (Å²) in [5.74, 6) is -2.04. The maximum absolute atomic E-state index is 14.2. The number of halogens is 3. The Hall–Kier alpha value is -2.87. The molecule has 2 aromatic rings. The molecule has 166 valence electrons. The molecule has 0 bridgehead atoms. The standard InChI is InChI=1S/C23H24F3NO4/c1-3-10-18-19(20(28)31-15-16-11-6-4-7-12-16)27(18)21(29)22(30-2,23(24,25)26)17-13-8-5-9-14-17/h4-9,11-14,18-19H,3,10,15H2,1-2H3/t18-,19+,22-,27?/m1/s1. The summed E-state index contributed by atoms with van der Waals surface area (Å²) in [6, 6.07) is 13.9. The normalized spacial score (nSPS) is 20.1. The smallest absolute Gasteiger partial charge is 0.430 e. The van der Waals surface area contributed by atoms with Gasteiger partial charge in [0.25, 0.3) is 11.5 Å². The summed E-state index contributed by atoms with van der Waals surface area (Å²) in [5.41, 5.74) is -2.80. The number of carbonyl (C=O) groups excluding carboxylic acids is 2. The molecule has 0 radical (unpaired) electrons. The van der Waals surface area contributed by atoms with Crippen molar-refractivity contribution in [1.82, 2.24) is 4.90 Å². The Bertz CT molecular complexity index is 904. The van der Waals surface area contributed by atoms with Crippen LogP contribution in [-0.2, 0) is 31.3 Å². The van der Waals surface area contributed by atoms with Gasteiger partial charge in [-0.25, -0.2) is 4.79 Å². The van der Waals surface area contributed by atoms with Crippen molar-refractivity contribution in [2.24, 2.45) is 0 Å². The molecule has 1 amide bonds. The van der Waals surface area contributed by atoms with E-state index in [2.05, 4.69) is 0 Å². The van der Waals surface area contributed by atoms with Crippen LogP contribution in [0, 0.1) is 0 Å². The predicted octanol–water partition coefficient (Wildman–Crippen LogP) is 4.21. The Morgan fingerprint density at radius 3 is 2.10 bits per heavy atom. The van der Waals surface area contributed by atoms with E-state index < -0.39 is 35.7 Å². The third-order valence-corrected chi connectivity index (χ3v) is 5.40. The molecule has 5 nitrogen and oxygen atoms in total. The highest BCUT2D eigenvalue weighted by molar-refractivity contribution is 5.96. The van der Waals surface area contributed by atoms with Gasteiger partial charge in [-0.2, -0.15) is 13.2 Å². The van der Waals surface area contributed by atoms with Gasteiger partial charge in [-0.1, -0.05) is 74.0 Å². The predicted molar refractivity (Wildman–Crippen MR) is 107 cm³/mol. The van der Waals surface area contributed by atoms with Crippen LogP contribution >= 0.6 is 0 Å². The molecular formula is C23H24F3NO4. The largest absolute Gasteiger partial charge is 0.459 e. The number of ether oxygens (including phenoxy) is 2. The van der Waals surface area contributed by atoms with Gasteiger partial charge >= 0.3 is 12.1 Å². The Morgan fingerprint density at radius 1 is 1.00 bits per heavy atom. The first-order valence-electron chi connectivity index (χ1n) is 9.98. The van der Waals surface area contributed by atoms with Gasteiger partial charge in [0, 0.05) is 12.7 Å². The average molecular weight is 435 g/mol. The van der Waals surface area contributed by atoms with Gasteiger partial charge in [-0.15, -0.1) is 0 Å². The molecule has 3 atom stereocenters. The van der Waals surface area contributed by atoms with Crippen molar-refractivity contribution in [1.29, 1.82) is 0 Å². The van der Waals surface area contributed by atoms with Gasteiger partial charge in [0.2, 0.25) is 0 Å². The number of esters is 1. The quantitative estimate of drug-likeness (QED) is 0.460. The van der Waals surface area contributed by atoms with E-state index in [-0.39, 0.29) is 12.2 Å². The molecule has 1 aliphatic heterocycles. The lowest BCUT2D eigenvalue weighted by Gasteiger charge is -2.33. The van der Waals surface area contributed by atoms with Crippen LogP contribution < -0.4 is 0 Å². The Morgan fingerprint density at radius 2 is 1.58 bits per heavy atom. The number of carbonyl (C=O) groups is 2. The first-order chi connectivity index (χ1) is 14.8. The number of benzene rings is 2. The highest BCUT2D eigenvalue weighted by Gasteiger charge is 2.69. The maximum atomic E-state index is 14.2. The molecule has 31 heavy (non-hydrogen) atoms. The summed E-state index contributed by atoms with van der Waals surface area (Å²) in [7, 11) is 0.847. The second-order valence-corrected chi connectivity index (χ2v) is 7.36. The molecule has 0 aliphatic carbocycles. The van der Waals surface area contributed by atoms with E-state index in [0.717, 1.165) is 17.6 Å². The number of alkyl halides is 3. The zero-order valence-corrected chi connectivity index (χ0v) is 17.3. The van der Waals surface area contributed by atoms with Crippen LogP contribution in [0.25, 0.3) is 0 Å². The van der Waals surface area contributed by atoms with Crippen LogP contribution in [0.2, 0.25) is 0 Å².